The van der Waals surface area contributed by atoms with Gasteiger partial charge >= 0.3 is 0 Å². The molecule has 2 fully saturated rings. The fraction of sp³-hybridized carbons (Fsp3) is 1.00. The minimum atomic E-state index is -0.428. The van der Waals surface area contributed by atoms with Crippen molar-refractivity contribution in [3.05, 3.63) is 0 Å². The average molecular weight is 267 g/mol. The molecular formula is C17H33NO. The Labute approximate surface area is 119 Å². The normalized spacial score (nSPS) is 27.3. The van der Waals surface area contributed by atoms with Gasteiger partial charge < -0.3 is 10.4 Å². The molecule has 0 saturated heterocycles. The highest BCUT2D eigenvalue weighted by Crippen LogP contribution is 2.39. The van der Waals surface area contributed by atoms with Crippen molar-refractivity contribution in [2.75, 3.05) is 13.1 Å². The summed E-state index contributed by atoms with van der Waals surface area (Å²) in [6.07, 6.45) is 12.7. The van der Waals surface area contributed by atoms with E-state index in [0.717, 1.165) is 44.7 Å². The van der Waals surface area contributed by atoms with E-state index in [4.69, 9.17) is 0 Å². The van der Waals surface area contributed by atoms with Gasteiger partial charge in [-0.05, 0) is 50.0 Å². The lowest BCUT2D eigenvalue weighted by atomic mass is 9.71. The maximum atomic E-state index is 10.6. The first-order chi connectivity index (χ1) is 8.99. The van der Waals surface area contributed by atoms with Gasteiger partial charge in [0.2, 0.25) is 0 Å². The Morgan fingerprint density at radius 2 is 1.63 bits per heavy atom. The minimum Gasteiger partial charge on any atom is -0.389 e. The van der Waals surface area contributed by atoms with Gasteiger partial charge in [-0.25, -0.2) is 0 Å². The quantitative estimate of drug-likeness (QED) is 0.741. The Kier molecular flexibility index (Phi) is 5.30. The number of aliphatic hydroxyl groups is 1. The van der Waals surface area contributed by atoms with Crippen LogP contribution in [0.5, 0.6) is 0 Å². The van der Waals surface area contributed by atoms with Gasteiger partial charge in [0.05, 0.1) is 5.60 Å². The van der Waals surface area contributed by atoms with Gasteiger partial charge in [-0.3, -0.25) is 0 Å². The largest absolute Gasteiger partial charge is 0.389 e. The van der Waals surface area contributed by atoms with Crippen molar-refractivity contribution in [3.8, 4) is 0 Å². The van der Waals surface area contributed by atoms with Crippen LogP contribution in [0.3, 0.4) is 0 Å². The fourth-order valence-corrected chi connectivity index (χ4v) is 3.67. The highest BCUT2D eigenvalue weighted by Gasteiger charge is 2.36. The molecule has 0 aromatic carbocycles. The third kappa shape index (κ3) is 5.07. The van der Waals surface area contributed by atoms with Crippen LogP contribution >= 0.6 is 0 Å². The van der Waals surface area contributed by atoms with Crippen LogP contribution in [0.1, 0.15) is 78.1 Å². The van der Waals surface area contributed by atoms with E-state index in [1.807, 2.05) is 0 Å². The number of hydrogen-bond acceptors (Lipinski definition) is 2. The highest BCUT2D eigenvalue weighted by molar-refractivity contribution is 4.90. The molecule has 2 aliphatic carbocycles. The van der Waals surface area contributed by atoms with E-state index in [0.29, 0.717) is 5.41 Å². The lowest BCUT2D eigenvalue weighted by Gasteiger charge is -2.40. The molecule has 0 aromatic heterocycles. The second-order valence-corrected chi connectivity index (χ2v) is 7.86. The molecule has 112 valence electrons. The van der Waals surface area contributed by atoms with Crippen molar-refractivity contribution >= 4 is 0 Å². The van der Waals surface area contributed by atoms with Gasteiger partial charge in [-0.2, -0.15) is 0 Å². The standard InChI is InChI=1S/C17H33NO/c1-16(2)9-11-17(19,12-10-16)14-18-13-8-15-6-4-3-5-7-15/h15,18-19H,3-14H2,1-2H3. The number of hydrogen-bond donors (Lipinski definition) is 2. The van der Waals surface area contributed by atoms with Crippen molar-refractivity contribution in [2.24, 2.45) is 11.3 Å². The molecule has 0 atom stereocenters. The van der Waals surface area contributed by atoms with Crippen LogP contribution in [-0.4, -0.2) is 23.8 Å². The van der Waals surface area contributed by atoms with Crippen molar-refractivity contribution in [1.82, 2.24) is 5.32 Å². The first-order valence-corrected chi connectivity index (χ1v) is 8.42. The van der Waals surface area contributed by atoms with Crippen LogP contribution in [0.4, 0.5) is 0 Å². The molecular weight excluding hydrogens is 234 g/mol. The molecule has 2 N–H and O–H groups in total. The molecule has 0 radical (unpaired) electrons. The summed E-state index contributed by atoms with van der Waals surface area (Å²) in [4.78, 5) is 0. The molecule has 2 heteroatoms. The molecule has 0 aliphatic heterocycles. The van der Waals surface area contributed by atoms with E-state index < -0.39 is 5.60 Å². The zero-order valence-corrected chi connectivity index (χ0v) is 13.0. The molecule has 0 spiro atoms. The van der Waals surface area contributed by atoms with Crippen LogP contribution in [0.15, 0.2) is 0 Å². The molecule has 0 amide bonds. The van der Waals surface area contributed by atoms with E-state index in [1.54, 1.807) is 0 Å². The molecule has 19 heavy (non-hydrogen) atoms. The van der Waals surface area contributed by atoms with E-state index in [-0.39, 0.29) is 0 Å². The van der Waals surface area contributed by atoms with Crippen LogP contribution < -0.4 is 5.32 Å². The summed E-state index contributed by atoms with van der Waals surface area (Å²) in [5, 5.41) is 14.1. The molecule has 0 heterocycles. The summed E-state index contributed by atoms with van der Waals surface area (Å²) in [5.41, 5.74) is 0.0103. The van der Waals surface area contributed by atoms with Crippen molar-refractivity contribution in [2.45, 2.75) is 83.7 Å². The number of rotatable bonds is 5. The summed E-state index contributed by atoms with van der Waals surface area (Å²) in [5.74, 6) is 0.946. The topological polar surface area (TPSA) is 32.3 Å². The summed E-state index contributed by atoms with van der Waals surface area (Å²) in [6, 6.07) is 0. The maximum Gasteiger partial charge on any atom is 0.0772 e. The second kappa shape index (κ2) is 6.58. The molecule has 2 aliphatic rings. The van der Waals surface area contributed by atoms with Crippen molar-refractivity contribution in [1.29, 1.82) is 0 Å². The van der Waals surface area contributed by atoms with Gasteiger partial charge in [-0.1, -0.05) is 46.0 Å². The Morgan fingerprint density at radius 3 is 2.26 bits per heavy atom. The molecule has 0 aromatic rings. The Bertz CT molecular complexity index is 258. The third-order valence-corrected chi connectivity index (χ3v) is 5.44. The average Bonchev–Trinajstić information content (AvgIpc) is 2.40. The Balaban J connectivity index is 1.60. The van der Waals surface area contributed by atoms with Gasteiger partial charge in [0, 0.05) is 6.54 Å². The molecule has 2 nitrogen and oxygen atoms in total. The first-order valence-electron chi connectivity index (χ1n) is 8.42. The fourth-order valence-electron chi connectivity index (χ4n) is 3.67. The molecule has 2 rings (SSSR count). The Morgan fingerprint density at radius 1 is 1.00 bits per heavy atom. The van der Waals surface area contributed by atoms with Crippen LogP contribution in [0.2, 0.25) is 0 Å². The lowest BCUT2D eigenvalue weighted by molar-refractivity contribution is -0.0243. The maximum absolute atomic E-state index is 10.6. The van der Waals surface area contributed by atoms with Gasteiger partial charge in [0.15, 0.2) is 0 Å². The third-order valence-electron chi connectivity index (χ3n) is 5.44. The lowest BCUT2D eigenvalue weighted by Crippen LogP contribution is -2.45. The van der Waals surface area contributed by atoms with Gasteiger partial charge in [-0.15, -0.1) is 0 Å². The monoisotopic (exact) mass is 267 g/mol. The van der Waals surface area contributed by atoms with E-state index in [9.17, 15) is 5.11 Å². The van der Waals surface area contributed by atoms with Gasteiger partial charge in [0.1, 0.15) is 0 Å². The summed E-state index contributed by atoms with van der Waals surface area (Å²) in [6.45, 7) is 6.54. The van der Waals surface area contributed by atoms with E-state index in [1.165, 1.54) is 38.5 Å². The Hall–Kier alpha value is -0.0800. The van der Waals surface area contributed by atoms with E-state index in [2.05, 4.69) is 19.2 Å². The van der Waals surface area contributed by atoms with Crippen LogP contribution in [-0.2, 0) is 0 Å². The molecule has 0 bridgehead atoms. The molecule has 0 unspecified atom stereocenters. The van der Waals surface area contributed by atoms with Crippen LogP contribution in [0.25, 0.3) is 0 Å². The smallest absolute Gasteiger partial charge is 0.0772 e. The van der Waals surface area contributed by atoms with E-state index >= 15 is 0 Å². The predicted octanol–water partition coefficient (Wildman–Crippen LogP) is 3.88. The van der Waals surface area contributed by atoms with Crippen molar-refractivity contribution < 1.29 is 5.11 Å². The first kappa shape index (κ1) is 15.3. The predicted molar refractivity (Wildman–Crippen MR) is 81.3 cm³/mol. The van der Waals surface area contributed by atoms with Crippen molar-refractivity contribution in [3.63, 3.8) is 0 Å². The SMILES string of the molecule is CC1(C)CCC(O)(CNCCC2CCCCC2)CC1. The van der Waals surface area contributed by atoms with Gasteiger partial charge in [0.25, 0.3) is 0 Å². The molecule has 2 saturated carbocycles. The second-order valence-electron chi connectivity index (χ2n) is 7.86. The highest BCUT2D eigenvalue weighted by atomic mass is 16.3. The summed E-state index contributed by atoms with van der Waals surface area (Å²) < 4.78 is 0. The summed E-state index contributed by atoms with van der Waals surface area (Å²) in [7, 11) is 0. The minimum absolute atomic E-state index is 0.428. The number of nitrogens with one attached hydrogen (secondary N) is 1. The summed E-state index contributed by atoms with van der Waals surface area (Å²) >= 11 is 0. The zero-order chi connectivity index (χ0) is 13.8. The van der Waals surface area contributed by atoms with Crippen LogP contribution in [0, 0.1) is 11.3 Å². The zero-order valence-electron chi connectivity index (χ0n) is 13.0.